The number of hydrogen-bond donors (Lipinski definition) is 1. The van der Waals surface area contributed by atoms with Crippen LogP contribution in [0.4, 0.5) is 14.5 Å². The minimum atomic E-state index is -0.669. The molecule has 0 atom stereocenters. The monoisotopic (exact) mass is 332 g/mol. The van der Waals surface area contributed by atoms with E-state index in [1.54, 1.807) is 13.0 Å². The van der Waals surface area contributed by atoms with Crippen molar-refractivity contribution in [1.82, 2.24) is 0 Å². The molecule has 1 amide bonds. The third-order valence-electron chi connectivity index (χ3n) is 3.04. The lowest BCUT2D eigenvalue weighted by atomic mass is 10.1. The van der Waals surface area contributed by atoms with E-state index >= 15 is 0 Å². The number of rotatable bonds is 3. The van der Waals surface area contributed by atoms with E-state index < -0.39 is 11.7 Å². The summed E-state index contributed by atoms with van der Waals surface area (Å²) in [7, 11) is 0. The summed E-state index contributed by atoms with van der Waals surface area (Å²) in [5.74, 6) is -1.65. The van der Waals surface area contributed by atoms with Crippen molar-refractivity contribution in [3.05, 3.63) is 69.8 Å². The second kappa shape index (κ2) is 7.03. The molecule has 6 heteroatoms. The summed E-state index contributed by atoms with van der Waals surface area (Å²) < 4.78 is 26.3. The average Bonchev–Trinajstić information content (AvgIpc) is 2.52. The molecule has 0 unspecified atom stereocenters. The molecule has 0 bridgehead atoms. The maximum Gasteiger partial charge on any atom is 0.266 e. The van der Waals surface area contributed by atoms with Crippen molar-refractivity contribution in [1.29, 1.82) is 5.26 Å². The van der Waals surface area contributed by atoms with Crippen LogP contribution in [0.1, 0.15) is 11.1 Å². The highest BCUT2D eigenvalue weighted by molar-refractivity contribution is 6.31. The van der Waals surface area contributed by atoms with Gasteiger partial charge in [-0.25, -0.2) is 8.78 Å². The van der Waals surface area contributed by atoms with Crippen LogP contribution in [-0.2, 0) is 4.79 Å². The summed E-state index contributed by atoms with van der Waals surface area (Å²) >= 11 is 5.63. The van der Waals surface area contributed by atoms with Gasteiger partial charge in [-0.15, -0.1) is 0 Å². The fourth-order valence-corrected chi connectivity index (χ4v) is 2.03. The number of hydrogen-bond acceptors (Lipinski definition) is 2. The highest BCUT2D eigenvalue weighted by atomic mass is 35.5. The van der Waals surface area contributed by atoms with Crippen molar-refractivity contribution in [2.45, 2.75) is 6.92 Å². The van der Waals surface area contributed by atoms with Crippen molar-refractivity contribution in [2.24, 2.45) is 0 Å². The third-order valence-corrected chi connectivity index (χ3v) is 3.33. The zero-order valence-electron chi connectivity index (χ0n) is 12.0. The first-order chi connectivity index (χ1) is 10.9. The fourth-order valence-electron chi connectivity index (χ4n) is 1.85. The quantitative estimate of drug-likeness (QED) is 0.666. The molecule has 0 aliphatic rings. The van der Waals surface area contributed by atoms with Gasteiger partial charge in [-0.05, 0) is 54.5 Å². The van der Waals surface area contributed by atoms with E-state index in [1.165, 1.54) is 36.4 Å². The molecule has 0 aromatic heterocycles. The summed E-state index contributed by atoms with van der Waals surface area (Å²) in [6.07, 6.45) is 1.34. The van der Waals surface area contributed by atoms with Gasteiger partial charge < -0.3 is 5.32 Å². The maximum absolute atomic E-state index is 13.2. The van der Waals surface area contributed by atoms with Gasteiger partial charge in [0.05, 0.1) is 5.02 Å². The summed E-state index contributed by atoms with van der Waals surface area (Å²) in [4.78, 5) is 12.1. The lowest BCUT2D eigenvalue weighted by Crippen LogP contribution is -2.13. The van der Waals surface area contributed by atoms with E-state index in [2.05, 4.69) is 5.32 Å². The lowest BCUT2D eigenvalue weighted by Gasteiger charge is -2.05. The van der Waals surface area contributed by atoms with Crippen LogP contribution >= 0.6 is 11.6 Å². The van der Waals surface area contributed by atoms with Crippen LogP contribution < -0.4 is 5.32 Å². The van der Waals surface area contributed by atoms with E-state index in [0.29, 0.717) is 11.1 Å². The highest BCUT2D eigenvalue weighted by Gasteiger charge is 2.11. The molecule has 3 nitrogen and oxygen atoms in total. The van der Waals surface area contributed by atoms with E-state index in [0.717, 1.165) is 6.07 Å². The molecule has 2 aromatic carbocycles. The second-order valence-corrected chi connectivity index (χ2v) is 5.17. The summed E-state index contributed by atoms with van der Waals surface area (Å²) in [6.45, 7) is 1.58. The Kier molecular flexibility index (Phi) is 5.09. The molecular formula is C17H11ClF2N2O. The minimum Gasteiger partial charge on any atom is -0.321 e. The van der Waals surface area contributed by atoms with Crippen LogP contribution in [0.15, 0.2) is 42.0 Å². The molecule has 0 spiro atoms. The van der Waals surface area contributed by atoms with Gasteiger partial charge in [-0.2, -0.15) is 5.26 Å². The van der Waals surface area contributed by atoms with Crippen molar-refractivity contribution < 1.29 is 13.6 Å². The average molecular weight is 333 g/mol. The van der Waals surface area contributed by atoms with Crippen LogP contribution in [0.25, 0.3) is 6.08 Å². The van der Waals surface area contributed by atoms with E-state index in [-0.39, 0.29) is 22.1 Å². The Morgan fingerprint density at radius 3 is 2.52 bits per heavy atom. The van der Waals surface area contributed by atoms with Crippen molar-refractivity contribution in [2.75, 3.05) is 5.32 Å². The van der Waals surface area contributed by atoms with Crippen LogP contribution in [0.3, 0.4) is 0 Å². The SMILES string of the molecule is Cc1cc(/C=C(/C#N)C(=O)Nc2ccc(F)c(Cl)c2)ccc1F. The van der Waals surface area contributed by atoms with Crippen molar-refractivity contribution in [3.8, 4) is 6.07 Å². The predicted octanol–water partition coefficient (Wildman–Crippen LogP) is 4.47. The molecule has 23 heavy (non-hydrogen) atoms. The molecule has 0 saturated carbocycles. The van der Waals surface area contributed by atoms with Gasteiger partial charge in [-0.1, -0.05) is 17.7 Å². The van der Waals surface area contributed by atoms with Gasteiger partial charge in [0.15, 0.2) is 0 Å². The number of nitrogens with one attached hydrogen (secondary N) is 1. The number of aryl methyl sites for hydroxylation is 1. The molecule has 0 radical (unpaired) electrons. The summed E-state index contributed by atoms with van der Waals surface area (Å²) in [6, 6.07) is 9.70. The Bertz CT molecular complexity index is 841. The maximum atomic E-state index is 13.2. The topological polar surface area (TPSA) is 52.9 Å². The summed E-state index contributed by atoms with van der Waals surface area (Å²) in [5.41, 5.74) is 1.02. The Morgan fingerprint density at radius 2 is 1.91 bits per heavy atom. The van der Waals surface area contributed by atoms with Gasteiger partial charge in [-0.3, -0.25) is 4.79 Å². The number of benzene rings is 2. The predicted molar refractivity (Wildman–Crippen MR) is 84.8 cm³/mol. The third kappa shape index (κ3) is 4.15. The van der Waals surface area contributed by atoms with E-state index in [4.69, 9.17) is 16.9 Å². The van der Waals surface area contributed by atoms with Crippen LogP contribution in [0.2, 0.25) is 5.02 Å². The van der Waals surface area contributed by atoms with Gasteiger partial charge in [0.25, 0.3) is 5.91 Å². The molecule has 2 aromatic rings. The largest absolute Gasteiger partial charge is 0.321 e. The van der Waals surface area contributed by atoms with Crippen LogP contribution in [0, 0.1) is 29.9 Å². The van der Waals surface area contributed by atoms with Gasteiger partial charge in [0.2, 0.25) is 0 Å². The van der Waals surface area contributed by atoms with Crippen LogP contribution in [0.5, 0.6) is 0 Å². The molecule has 116 valence electrons. The molecule has 2 rings (SSSR count). The van der Waals surface area contributed by atoms with Gasteiger partial charge in [0, 0.05) is 5.69 Å². The van der Waals surface area contributed by atoms with Gasteiger partial charge in [0.1, 0.15) is 23.3 Å². The molecule has 0 aliphatic carbocycles. The standard InChI is InChI=1S/C17H11ClF2N2O/c1-10-6-11(2-4-15(10)19)7-12(9-21)17(23)22-13-3-5-16(20)14(18)8-13/h2-8H,1H3,(H,22,23)/b12-7-. The van der Waals surface area contributed by atoms with Gasteiger partial charge >= 0.3 is 0 Å². The van der Waals surface area contributed by atoms with E-state index in [9.17, 15) is 13.6 Å². The normalized spacial score (nSPS) is 11.0. The lowest BCUT2D eigenvalue weighted by molar-refractivity contribution is -0.112. The molecule has 0 fully saturated rings. The molecule has 1 N–H and O–H groups in total. The Hall–Kier alpha value is -2.71. The molecule has 0 saturated heterocycles. The summed E-state index contributed by atoms with van der Waals surface area (Å²) in [5, 5.41) is 11.4. The van der Waals surface area contributed by atoms with Crippen molar-refractivity contribution >= 4 is 29.3 Å². The molecular weight excluding hydrogens is 322 g/mol. The smallest absolute Gasteiger partial charge is 0.266 e. The number of carbonyl (C=O) groups is 1. The fraction of sp³-hybridized carbons (Fsp3) is 0.0588. The highest BCUT2D eigenvalue weighted by Crippen LogP contribution is 2.20. The Balaban J connectivity index is 2.24. The molecule has 0 aliphatic heterocycles. The minimum absolute atomic E-state index is 0.139. The molecule has 0 heterocycles. The number of nitrogens with zero attached hydrogens (tertiary/aromatic N) is 1. The number of carbonyl (C=O) groups excluding carboxylic acids is 1. The zero-order valence-corrected chi connectivity index (χ0v) is 12.8. The number of nitriles is 1. The number of amides is 1. The first kappa shape index (κ1) is 16.7. The second-order valence-electron chi connectivity index (χ2n) is 4.76. The number of halogens is 3. The Labute approximate surface area is 136 Å². The first-order valence-corrected chi connectivity index (χ1v) is 6.93. The van der Waals surface area contributed by atoms with Crippen LogP contribution in [-0.4, -0.2) is 5.91 Å². The zero-order chi connectivity index (χ0) is 17.0. The van der Waals surface area contributed by atoms with Crippen molar-refractivity contribution in [3.63, 3.8) is 0 Å². The van der Waals surface area contributed by atoms with E-state index in [1.807, 2.05) is 0 Å². The number of anilines is 1. The first-order valence-electron chi connectivity index (χ1n) is 6.55. The Morgan fingerprint density at radius 1 is 1.22 bits per heavy atom.